The summed E-state index contributed by atoms with van der Waals surface area (Å²) in [5.41, 5.74) is 3.16. The first-order valence-corrected chi connectivity index (χ1v) is 12.4. The van der Waals surface area contributed by atoms with Crippen LogP contribution in [0.5, 0.6) is 11.5 Å². The lowest BCUT2D eigenvalue weighted by Crippen LogP contribution is -2.44. The van der Waals surface area contributed by atoms with Crippen molar-refractivity contribution in [2.45, 2.75) is 38.5 Å². The number of carbonyl (C=O) groups is 2. The number of amides is 2. The standard InChI is InChI=1S/C27H33N3O5/c1-19(31)29-11-9-24(18-29)35-23-6-7-25-26(14-23)34-13-12-30(27(25)33)17-22(32)16-28-10-8-20-4-2-3-5-21(20)15-28/h2-7,14,22,24,32H,8-13,15-18H2,1H3/t22?,24-/m0/s1. The number of hydrogen-bond donors (Lipinski definition) is 1. The average molecular weight is 480 g/mol. The summed E-state index contributed by atoms with van der Waals surface area (Å²) in [6, 6.07) is 13.7. The summed E-state index contributed by atoms with van der Waals surface area (Å²) in [6.45, 7) is 6.12. The first-order valence-electron chi connectivity index (χ1n) is 12.4. The Labute approximate surface area is 206 Å². The summed E-state index contributed by atoms with van der Waals surface area (Å²) in [5.74, 6) is 1.04. The van der Waals surface area contributed by atoms with Gasteiger partial charge < -0.3 is 24.4 Å². The molecule has 3 aliphatic heterocycles. The number of rotatable bonds is 6. The van der Waals surface area contributed by atoms with Crippen LogP contribution in [0, 0.1) is 0 Å². The monoisotopic (exact) mass is 479 g/mol. The summed E-state index contributed by atoms with van der Waals surface area (Å²) < 4.78 is 11.9. The van der Waals surface area contributed by atoms with Crippen LogP contribution in [0.2, 0.25) is 0 Å². The number of fused-ring (bicyclic) bond motifs is 2. The van der Waals surface area contributed by atoms with E-state index in [4.69, 9.17) is 9.47 Å². The van der Waals surface area contributed by atoms with Crippen LogP contribution in [-0.4, -0.2) is 89.7 Å². The van der Waals surface area contributed by atoms with Crippen molar-refractivity contribution < 1.29 is 24.2 Å². The maximum absolute atomic E-state index is 13.2. The van der Waals surface area contributed by atoms with E-state index in [1.807, 2.05) is 0 Å². The SMILES string of the molecule is CC(=O)N1CC[C@H](Oc2ccc3c(c2)OCCN(CC(O)CN2CCc4ccccc4C2)C3=O)C1. The number of likely N-dealkylation sites (tertiary alicyclic amines) is 1. The Bertz CT molecular complexity index is 1090. The van der Waals surface area contributed by atoms with Crippen LogP contribution >= 0.6 is 0 Å². The van der Waals surface area contributed by atoms with Crippen molar-refractivity contribution >= 4 is 11.8 Å². The van der Waals surface area contributed by atoms with E-state index < -0.39 is 6.10 Å². The molecule has 1 N–H and O–H groups in total. The predicted octanol–water partition coefficient (Wildman–Crippen LogP) is 1.94. The Morgan fingerprint density at radius 2 is 1.97 bits per heavy atom. The number of aliphatic hydroxyl groups is 1. The summed E-state index contributed by atoms with van der Waals surface area (Å²) in [7, 11) is 0. The highest BCUT2D eigenvalue weighted by molar-refractivity contribution is 5.97. The van der Waals surface area contributed by atoms with Crippen molar-refractivity contribution in [3.63, 3.8) is 0 Å². The Hall–Kier alpha value is -3.10. The van der Waals surface area contributed by atoms with E-state index in [0.717, 1.165) is 25.9 Å². The van der Waals surface area contributed by atoms with Gasteiger partial charge in [-0.25, -0.2) is 0 Å². The van der Waals surface area contributed by atoms with Crippen LogP contribution in [-0.2, 0) is 17.8 Å². The molecular weight excluding hydrogens is 446 g/mol. The molecule has 8 nitrogen and oxygen atoms in total. The van der Waals surface area contributed by atoms with Crippen LogP contribution in [0.15, 0.2) is 42.5 Å². The molecule has 2 aromatic rings. The third-order valence-electron chi connectivity index (χ3n) is 7.09. The molecule has 2 aromatic carbocycles. The third kappa shape index (κ3) is 5.44. The minimum absolute atomic E-state index is 0.0549. The zero-order valence-electron chi connectivity index (χ0n) is 20.2. The molecule has 186 valence electrons. The topological polar surface area (TPSA) is 82.6 Å². The first kappa shape index (κ1) is 23.6. The van der Waals surface area contributed by atoms with E-state index in [1.165, 1.54) is 11.1 Å². The van der Waals surface area contributed by atoms with Crippen molar-refractivity contribution in [1.82, 2.24) is 14.7 Å². The molecule has 35 heavy (non-hydrogen) atoms. The maximum atomic E-state index is 13.2. The molecule has 3 heterocycles. The number of nitrogens with zero attached hydrogens (tertiary/aromatic N) is 3. The molecule has 1 unspecified atom stereocenters. The molecule has 0 bridgehead atoms. The van der Waals surface area contributed by atoms with Gasteiger partial charge in [0.2, 0.25) is 5.91 Å². The minimum atomic E-state index is -0.639. The Balaban J connectivity index is 1.18. The van der Waals surface area contributed by atoms with Gasteiger partial charge in [-0.2, -0.15) is 0 Å². The van der Waals surface area contributed by atoms with Gasteiger partial charge in [-0.15, -0.1) is 0 Å². The summed E-state index contributed by atoms with van der Waals surface area (Å²) in [6.07, 6.45) is 1.06. The number of β-amino-alcohol motifs (C(OH)–C–C–N with tert-alkyl or cyclic N) is 1. The maximum Gasteiger partial charge on any atom is 0.257 e. The number of benzene rings is 2. The van der Waals surface area contributed by atoms with Crippen LogP contribution < -0.4 is 9.47 Å². The predicted molar refractivity (Wildman–Crippen MR) is 131 cm³/mol. The molecule has 0 aromatic heterocycles. The van der Waals surface area contributed by atoms with E-state index in [0.29, 0.717) is 49.8 Å². The fraction of sp³-hybridized carbons (Fsp3) is 0.481. The van der Waals surface area contributed by atoms with Gasteiger partial charge in [0, 0.05) is 52.1 Å². The molecule has 2 atom stereocenters. The highest BCUT2D eigenvalue weighted by atomic mass is 16.5. The van der Waals surface area contributed by atoms with Crippen LogP contribution in [0.25, 0.3) is 0 Å². The van der Waals surface area contributed by atoms with Crippen molar-refractivity contribution in [1.29, 1.82) is 0 Å². The summed E-state index contributed by atoms with van der Waals surface area (Å²) >= 11 is 0. The van der Waals surface area contributed by atoms with Gasteiger partial charge in [0.1, 0.15) is 24.2 Å². The quantitative estimate of drug-likeness (QED) is 0.682. The van der Waals surface area contributed by atoms with Gasteiger partial charge in [0.25, 0.3) is 5.91 Å². The highest BCUT2D eigenvalue weighted by Crippen LogP contribution is 2.30. The van der Waals surface area contributed by atoms with Gasteiger partial charge in [-0.1, -0.05) is 24.3 Å². The lowest BCUT2D eigenvalue weighted by molar-refractivity contribution is -0.128. The smallest absolute Gasteiger partial charge is 0.257 e. The van der Waals surface area contributed by atoms with Gasteiger partial charge >= 0.3 is 0 Å². The molecular formula is C27H33N3O5. The number of aliphatic hydroxyl groups excluding tert-OH is 1. The minimum Gasteiger partial charge on any atom is -0.491 e. The van der Waals surface area contributed by atoms with Gasteiger partial charge in [0.15, 0.2) is 0 Å². The van der Waals surface area contributed by atoms with Crippen molar-refractivity contribution in [3.05, 3.63) is 59.2 Å². The van der Waals surface area contributed by atoms with E-state index in [-0.39, 0.29) is 24.5 Å². The second-order valence-corrected chi connectivity index (χ2v) is 9.66. The average Bonchev–Trinajstić information content (AvgIpc) is 3.26. The van der Waals surface area contributed by atoms with E-state index in [9.17, 15) is 14.7 Å². The molecule has 5 rings (SSSR count). The van der Waals surface area contributed by atoms with Gasteiger partial charge in [-0.05, 0) is 29.7 Å². The lowest BCUT2D eigenvalue weighted by Gasteiger charge is -2.32. The second kappa shape index (κ2) is 10.3. The summed E-state index contributed by atoms with van der Waals surface area (Å²) in [4.78, 5) is 30.5. The fourth-order valence-electron chi connectivity index (χ4n) is 5.21. The molecule has 1 fully saturated rings. The van der Waals surface area contributed by atoms with Gasteiger partial charge in [-0.3, -0.25) is 14.5 Å². The zero-order chi connectivity index (χ0) is 24.4. The summed E-state index contributed by atoms with van der Waals surface area (Å²) in [5, 5.41) is 10.8. The van der Waals surface area contributed by atoms with Crippen LogP contribution in [0.3, 0.4) is 0 Å². The molecule has 0 spiro atoms. The normalized spacial score (nSPS) is 21.1. The fourth-order valence-corrected chi connectivity index (χ4v) is 5.21. The Kier molecular flexibility index (Phi) is 6.92. The molecule has 1 saturated heterocycles. The van der Waals surface area contributed by atoms with Crippen LogP contribution in [0.1, 0.15) is 34.8 Å². The van der Waals surface area contributed by atoms with Crippen molar-refractivity contribution in [2.24, 2.45) is 0 Å². The molecule has 0 radical (unpaired) electrons. The van der Waals surface area contributed by atoms with Crippen molar-refractivity contribution in [2.75, 3.05) is 45.9 Å². The number of hydrogen-bond acceptors (Lipinski definition) is 6. The van der Waals surface area contributed by atoms with Crippen LogP contribution in [0.4, 0.5) is 0 Å². The third-order valence-corrected chi connectivity index (χ3v) is 7.09. The van der Waals surface area contributed by atoms with Gasteiger partial charge in [0.05, 0.1) is 24.8 Å². The van der Waals surface area contributed by atoms with E-state index >= 15 is 0 Å². The number of carbonyl (C=O) groups excluding carboxylic acids is 2. The van der Waals surface area contributed by atoms with E-state index in [2.05, 4.69) is 29.2 Å². The second-order valence-electron chi connectivity index (χ2n) is 9.66. The molecule has 3 aliphatic rings. The Morgan fingerprint density at radius 3 is 2.77 bits per heavy atom. The molecule has 0 aliphatic carbocycles. The highest BCUT2D eigenvalue weighted by Gasteiger charge is 2.29. The molecule has 0 saturated carbocycles. The van der Waals surface area contributed by atoms with E-state index in [1.54, 1.807) is 34.9 Å². The Morgan fingerprint density at radius 1 is 1.14 bits per heavy atom. The lowest BCUT2D eigenvalue weighted by atomic mass is 10.00. The van der Waals surface area contributed by atoms with Crippen molar-refractivity contribution in [3.8, 4) is 11.5 Å². The number of ether oxygens (including phenoxy) is 2. The first-order chi connectivity index (χ1) is 17.0. The largest absolute Gasteiger partial charge is 0.491 e. The molecule has 2 amide bonds. The molecule has 8 heteroatoms. The zero-order valence-corrected chi connectivity index (χ0v) is 20.2.